The topological polar surface area (TPSA) is 117 Å². The molecule has 12 heteroatoms. The molecule has 0 aliphatic heterocycles. The lowest BCUT2D eigenvalue weighted by molar-refractivity contribution is 0.293. The number of hydrogen-bond donors (Lipinski definition) is 1. The summed E-state index contributed by atoms with van der Waals surface area (Å²) in [6.07, 6.45) is 5.34. The lowest BCUT2D eigenvalue weighted by Gasteiger charge is -2.17. The summed E-state index contributed by atoms with van der Waals surface area (Å²) in [5.41, 5.74) is 2.59. The van der Waals surface area contributed by atoms with Crippen molar-refractivity contribution >= 4 is 21.4 Å². The second-order valence-corrected chi connectivity index (χ2v) is 11.4. The summed E-state index contributed by atoms with van der Waals surface area (Å²) in [5, 5.41) is 10.0. The van der Waals surface area contributed by atoms with E-state index in [2.05, 4.69) is 15.0 Å². The Kier molecular flexibility index (Phi) is 7.13. The Morgan fingerprint density at radius 3 is 2.57 bits per heavy atom. The summed E-state index contributed by atoms with van der Waals surface area (Å²) in [5.74, 6) is 0.937. The van der Waals surface area contributed by atoms with Gasteiger partial charge in [-0.1, -0.05) is 29.4 Å². The fourth-order valence-corrected chi connectivity index (χ4v) is 6.56. The Bertz CT molecular complexity index is 1550. The predicted octanol–water partition coefficient (Wildman–Crippen LogP) is 3.50. The van der Waals surface area contributed by atoms with Crippen LogP contribution in [-0.4, -0.2) is 41.1 Å². The second kappa shape index (κ2) is 10.5. The van der Waals surface area contributed by atoms with Crippen LogP contribution in [0.4, 0.5) is 0 Å². The van der Waals surface area contributed by atoms with Gasteiger partial charge in [0, 0.05) is 24.0 Å². The molecular formula is C25H27N5O5S2. The molecule has 194 valence electrons. The van der Waals surface area contributed by atoms with Crippen molar-refractivity contribution in [2.24, 2.45) is 7.05 Å². The van der Waals surface area contributed by atoms with Gasteiger partial charge in [-0.25, -0.2) is 17.8 Å². The van der Waals surface area contributed by atoms with Crippen molar-refractivity contribution in [1.29, 1.82) is 0 Å². The molecule has 2 heterocycles. The smallest absolute Gasteiger partial charge is 0.307 e. The van der Waals surface area contributed by atoms with Crippen LogP contribution >= 0.6 is 11.3 Å². The fourth-order valence-electron chi connectivity index (χ4n) is 4.32. The summed E-state index contributed by atoms with van der Waals surface area (Å²) >= 11 is 1.07. The number of sulfonamides is 1. The zero-order valence-corrected chi connectivity index (χ0v) is 22.1. The van der Waals surface area contributed by atoms with E-state index in [0.29, 0.717) is 17.0 Å². The second-order valence-electron chi connectivity index (χ2n) is 8.85. The molecule has 1 saturated carbocycles. The van der Waals surface area contributed by atoms with E-state index in [1.165, 1.54) is 4.57 Å². The van der Waals surface area contributed by atoms with Crippen molar-refractivity contribution in [2.45, 2.75) is 43.2 Å². The molecule has 1 N–H and O–H groups in total. The minimum Gasteiger partial charge on any atom is -0.497 e. The van der Waals surface area contributed by atoms with Crippen molar-refractivity contribution in [3.05, 3.63) is 69.4 Å². The number of nitrogens with one attached hydrogen (secondary N) is 1. The van der Waals surface area contributed by atoms with E-state index in [9.17, 15) is 13.2 Å². The first-order valence-electron chi connectivity index (χ1n) is 11.8. The number of benzene rings is 2. The molecule has 0 bridgehead atoms. The number of nitrogens with zero attached hydrogens (tertiary/aromatic N) is 4. The van der Waals surface area contributed by atoms with E-state index >= 15 is 0 Å². The molecule has 0 unspecified atom stereocenters. The number of ether oxygens (including phenoxy) is 2. The maximum atomic E-state index is 13.4. The van der Waals surface area contributed by atoms with E-state index in [0.717, 1.165) is 48.5 Å². The third kappa shape index (κ3) is 5.45. The Morgan fingerprint density at radius 1 is 1.14 bits per heavy atom. The maximum absolute atomic E-state index is 13.4. The third-order valence-corrected chi connectivity index (χ3v) is 8.72. The van der Waals surface area contributed by atoms with Crippen molar-refractivity contribution < 1.29 is 17.9 Å². The SMILES string of the molecule is COc1ccc(-n2cc(COc3ccc(-c4csc(=O)n4C)cc3S(=O)(=O)NC3CCCC3)nn2)cc1. The first-order chi connectivity index (χ1) is 17.8. The molecule has 0 radical (unpaired) electrons. The van der Waals surface area contributed by atoms with Gasteiger partial charge >= 0.3 is 4.87 Å². The van der Waals surface area contributed by atoms with Crippen LogP contribution in [0.2, 0.25) is 0 Å². The first-order valence-corrected chi connectivity index (χ1v) is 14.2. The van der Waals surface area contributed by atoms with Gasteiger partial charge in [-0.15, -0.1) is 5.10 Å². The predicted molar refractivity (Wildman–Crippen MR) is 140 cm³/mol. The van der Waals surface area contributed by atoms with Crippen molar-refractivity contribution in [1.82, 2.24) is 24.3 Å². The summed E-state index contributed by atoms with van der Waals surface area (Å²) in [7, 11) is -0.607. The molecular weight excluding hydrogens is 514 g/mol. The van der Waals surface area contributed by atoms with Gasteiger partial charge in [0.25, 0.3) is 0 Å². The van der Waals surface area contributed by atoms with Crippen LogP contribution in [0.25, 0.3) is 16.9 Å². The van der Waals surface area contributed by atoms with Gasteiger partial charge in [0.1, 0.15) is 28.7 Å². The Labute approximate surface area is 218 Å². The van der Waals surface area contributed by atoms with Crippen LogP contribution < -0.4 is 19.1 Å². The Hall–Kier alpha value is -3.48. The molecule has 5 rings (SSSR count). The highest BCUT2D eigenvalue weighted by Gasteiger charge is 2.27. The monoisotopic (exact) mass is 541 g/mol. The molecule has 0 atom stereocenters. The van der Waals surface area contributed by atoms with E-state index in [4.69, 9.17) is 9.47 Å². The standard InChI is InChI=1S/C25H27N5O5S2/c1-29-22(16-36-25(29)31)17-7-12-23(24(13-17)37(32,33)27-18-5-3-4-6-18)35-15-19-14-30(28-26-19)20-8-10-21(34-2)11-9-20/h7-14,16,18,27H,3-6,15H2,1-2H3. The van der Waals surface area contributed by atoms with Crippen LogP contribution in [0.15, 0.2) is 63.7 Å². The van der Waals surface area contributed by atoms with Gasteiger partial charge in [0.05, 0.1) is 24.7 Å². The molecule has 2 aromatic carbocycles. The van der Waals surface area contributed by atoms with Crippen LogP contribution in [0.1, 0.15) is 31.4 Å². The van der Waals surface area contributed by atoms with Crippen LogP contribution in [0, 0.1) is 0 Å². The summed E-state index contributed by atoms with van der Waals surface area (Å²) < 4.78 is 44.0. The normalized spacial score (nSPS) is 14.2. The van der Waals surface area contributed by atoms with E-state index in [-0.39, 0.29) is 28.2 Å². The molecule has 37 heavy (non-hydrogen) atoms. The van der Waals surface area contributed by atoms with E-state index in [1.54, 1.807) is 48.6 Å². The Morgan fingerprint density at radius 2 is 1.89 bits per heavy atom. The molecule has 1 fully saturated rings. The minimum atomic E-state index is -3.87. The number of hydrogen-bond acceptors (Lipinski definition) is 8. The van der Waals surface area contributed by atoms with Crippen LogP contribution in [0.5, 0.6) is 11.5 Å². The zero-order valence-electron chi connectivity index (χ0n) is 20.5. The number of thiazole rings is 1. The number of methoxy groups -OCH3 is 1. The summed E-state index contributed by atoms with van der Waals surface area (Å²) in [6.45, 7) is 0.0262. The lowest BCUT2D eigenvalue weighted by atomic mass is 10.1. The van der Waals surface area contributed by atoms with Gasteiger partial charge in [-0.05, 0) is 55.3 Å². The first kappa shape index (κ1) is 25.2. The summed E-state index contributed by atoms with van der Waals surface area (Å²) in [4.78, 5) is 11.9. The van der Waals surface area contributed by atoms with Crippen molar-refractivity contribution in [3.63, 3.8) is 0 Å². The highest BCUT2D eigenvalue weighted by molar-refractivity contribution is 7.89. The molecule has 0 spiro atoms. The van der Waals surface area contributed by atoms with Crippen LogP contribution in [-0.2, 0) is 23.7 Å². The van der Waals surface area contributed by atoms with Crippen molar-refractivity contribution in [3.8, 4) is 28.4 Å². The number of rotatable bonds is 9. The fraction of sp³-hybridized carbons (Fsp3) is 0.320. The molecule has 1 aliphatic rings. The van der Waals surface area contributed by atoms with Crippen molar-refractivity contribution in [2.75, 3.05) is 7.11 Å². The highest BCUT2D eigenvalue weighted by atomic mass is 32.2. The minimum absolute atomic E-state index is 0.0260. The lowest BCUT2D eigenvalue weighted by Crippen LogP contribution is -2.33. The average Bonchev–Trinajstić information content (AvgIpc) is 3.66. The quantitative estimate of drug-likeness (QED) is 0.345. The highest BCUT2D eigenvalue weighted by Crippen LogP contribution is 2.32. The zero-order chi connectivity index (χ0) is 26.0. The van der Waals surface area contributed by atoms with Gasteiger partial charge in [0.2, 0.25) is 10.0 Å². The molecule has 10 nitrogen and oxygen atoms in total. The average molecular weight is 542 g/mol. The van der Waals surface area contributed by atoms with Gasteiger partial charge in [0.15, 0.2) is 0 Å². The van der Waals surface area contributed by atoms with Gasteiger partial charge in [-0.3, -0.25) is 4.79 Å². The number of aromatic nitrogens is 4. The molecule has 2 aromatic heterocycles. The molecule has 0 saturated heterocycles. The third-order valence-electron chi connectivity index (χ3n) is 6.37. The van der Waals surface area contributed by atoms with Gasteiger partial charge in [-0.2, -0.15) is 0 Å². The maximum Gasteiger partial charge on any atom is 0.307 e. The molecule has 0 amide bonds. The summed E-state index contributed by atoms with van der Waals surface area (Å²) in [6, 6.07) is 12.2. The van der Waals surface area contributed by atoms with E-state index < -0.39 is 10.0 Å². The molecule has 1 aliphatic carbocycles. The molecule has 4 aromatic rings. The van der Waals surface area contributed by atoms with E-state index in [1.807, 2.05) is 24.3 Å². The largest absolute Gasteiger partial charge is 0.497 e. The van der Waals surface area contributed by atoms with Gasteiger partial charge < -0.3 is 14.0 Å². The Balaban J connectivity index is 1.42. The van der Waals surface area contributed by atoms with Crippen LogP contribution in [0.3, 0.4) is 0 Å².